The van der Waals surface area contributed by atoms with E-state index in [0.717, 1.165) is 12.8 Å². The third kappa shape index (κ3) is 5.13. The average molecular weight is 492 g/mol. The van der Waals surface area contributed by atoms with Crippen LogP contribution in [0.15, 0.2) is 24.3 Å². The second kappa shape index (κ2) is 11.3. The molecule has 34 heavy (non-hydrogen) atoms. The summed E-state index contributed by atoms with van der Waals surface area (Å²) in [7, 11) is 1.50. The fourth-order valence-electron chi connectivity index (χ4n) is 5.07. The molecule has 1 aromatic rings. The summed E-state index contributed by atoms with van der Waals surface area (Å²) in [6.07, 6.45) is 1.16. The van der Waals surface area contributed by atoms with Crippen LogP contribution in [0.4, 0.5) is 0 Å². The van der Waals surface area contributed by atoms with Gasteiger partial charge in [0.1, 0.15) is 0 Å². The minimum absolute atomic E-state index is 0.0566. The molecule has 9 heteroatoms. The van der Waals surface area contributed by atoms with Crippen LogP contribution in [0.5, 0.6) is 0 Å². The van der Waals surface area contributed by atoms with Crippen molar-refractivity contribution in [2.45, 2.75) is 44.9 Å². The highest BCUT2D eigenvalue weighted by Gasteiger charge is 2.55. The number of piperidine rings is 1. The number of rotatable bonds is 9. The van der Waals surface area contributed by atoms with Gasteiger partial charge in [0.25, 0.3) is 0 Å². The number of hydrogen-bond acceptors (Lipinski definition) is 5. The number of ether oxygens (including phenoxy) is 1. The zero-order valence-corrected chi connectivity index (χ0v) is 21.0. The Labute approximate surface area is 206 Å². The lowest BCUT2D eigenvalue weighted by Crippen LogP contribution is -2.49. The van der Waals surface area contributed by atoms with Crippen molar-refractivity contribution >= 4 is 35.2 Å². The van der Waals surface area contributed by atoms with E-state index in [1.807, 2.05) is 13.8 Å². The number of likely N-dealkylation sites (tertiary alicyclic amines) is 2. The van der Waals surface area contributed by atoms with E-state index >= 15 is 0 Å². The lowest BCUT2D eigenvalue weighted by atomic mass is 9.75. The molecular formula is C25H34ClN3O5. The maximum Gasteiger partial charge on any atom is 0.241 e. The van der Waals surface area contributed by atoms with Gasteiger partial charge in [0.15, 0.2) is 0 Å². The number of imide groups is 1. The molecule has 186 valence electrons. The molecule has 2 heterocycles. The first kappa shape index (κ1) is 26.2. The summed E-state index contributed by atoms with van der Waals surface area (Å²) >= 11 is 6.48. The van der Waals surface area contributed by atoms with Crippen LogP contribution in [-0.2, 0) is 29.3 Å². The number of amides is 4. The molecule has 4 amide bonds. The standard InChI is InChI=1S/C25H34ClN3O5/c1-4-27(5-2)23(32)18-9-8-12-28(17-18)21(30)15-25(19-10-6-7-11-20(19)26)16-22(31)29(24(25)33)13-14-34-3/h6-7,10-11,18H,4-5,8-9,12-17H2,1-3H3/t18-,25-/m1/s1. The molecule has 3 rings (SSSR count). The fourth-order valence-corrected chi connectivity index (χ4v) is 5.39. The summed E-state index contributed by atoms with van der Waals surface area (Å²) in [6.45, 7) is 6.32. The molecule has 2 atom stereocenters. The van der Waals surface area contributed by atoms with Crippen LogP contribution in [0, 0.1) is 5.92 Å². The zero-order chi connectivity index (χ0) is 24.9. The van der Waals surface area contributed by atoms with Gasteiger partial charge in [-0.3, -0.25) is 24.1 Å². The van der Waals surface area contributed by atoms with Crippen LogP contribution in [0.25, 0.3) is 0 Å². The van der Waals surface area contributed by atoms with Gasteiger partial charge < -0.3 is 14.5 Å². The fraction of sp³-hybridized carbons (Fsp3) is 0.600. The Balaban J connectivity index is 1.87. The number of methoxy groups -OCH3 is 1. The largest absolute Gasteiger partial charge is 0.383 e. The van der Waals surface area contributed by atoms with Crippen molar-refractivity contribution in [3.05, 3.63) is 34.9 Å². The summed E-state index contributed by atoms with van der Waals surface area (Å²) < 4.78 is 5.06. The SMILES string of the molecule is CCN(CC)C(=O)[C@@H]1CCCN(C(=O)C[C@]2(c3ccccc3Cl)CC(=O)N(CCOC)C2=O)C1. The summed E-state index contributed by atoms with van der Waals surface area (Å²) in [5, 5.41) is 0.346. The topological polar surface area (TPSA) is 87.2 Å². The van der Waals surface area contributed by atoms with Gasteiger partial charge in [0.05, 0.1) is 24.5 Å². The van der Waals surface area contributed by atoms with Gasteiger partial charge >= 0.3 is 0 Å². The van der Waals surface area contributed by atoms with E-state index in [0.29, 0.717) is 36.8 Å². The summed E-state index contributed by atoms with van der Waals surface area (Å²) in [6, 6.07) is 6.88. The second-order valence-corrected chi connectivity index (χ2v) is 9.36. The molecule has 2 aliphatic heterocycles. The quantitative estimate of drug-likeness (QED) is 0.495. The van der Waals surface area contributed by atoms with Crippen molar-refractivity contribution in [2.24, 2.45) is 5.92 Å². The van der Waals surface area contributed by atoms with Gasteiger partial charge in [0.2, 0.25) is 23.6 Å². The van der Waals surface area contributed by atoms with E-state index in [4.69, 9.17) is 16.3 Å². The third-order valence-corrected chi connectivity index (χ3v) is 7.30. The number of carbonyl (C=O) groups excluding carboxylic acids is 4. The van der Waals surface area contributed by atoms with Gasteiger partial charge in [-0.05, 0) is 38.3 Å². The van der Waals surface area contributed by atoms with Crippen LogP contribution in [0.2, 0.25) is 5.02 Å². The van der Waals surface area contributed by atoms with Crippen molar-refractivity contribution < 1.29 is 23.9 Å². The van der Waals surface area contributed by atoms with E-state index in [1.165, 1.54) is 12.0 Å². The van der Waals surface area contributed by atoms with Crippen molar-refractivity contribution in [2.75, 3.05) is 46.4 Å². The number of hydrogen-bond donors (Lipinski definition) is 0. The summed E-state index contributed by atoms with van der Waals surface area (Å²) in [5.74, 6) is -1.22. The van der Waals surface area contributed by atoms with Crippen LogP contribution < -0.4 is 0 Å². The first-order valence-corrected chi connectivity index (χ1v) is 12.3. The lowest BCUT2D eigenvalue weighted by molar-refractivity contribution is -0.145. The molecule has 2 fully saturated rings. The Hall–Kier alpha value is -2.45. The first-order valence-electron chi connectivity index (χ1n) is 11.9. The maximum absolute atomic E-state index is 13.6. The van der Waals surface area contributed by atoms with Gasteiger partial charge in [-0.1, -0.05) is 29.8 Å². The molecule has 2 aliphatic rings. The molecule has 0 spiro atoms. The van der Waals surface area contributed by atoms with Crippen LogP contribution >= 0.6 is 11.6 Å². The molecule has 0 aliphatic carbocycles. The first-order chi connectivity index (χ1) is 16.3. The molecule has 8 nitrogen and oxygen atoms in total. The highest BCUT2D eigenvalue weighted by atomic mass is 35.5. The molecule has 0 bridgehead atoms. The van der Waals surface area contributed by atoms with Crippen molar-refractivity contribution in [3.63, 3.8) is 0 Å². The van der Waals surface area contributed by atoms with Crippen molar-refractivity contribution in [1.82, 2.24) is 14.7 Å². The highest BCUT2D eigenvalue weighted by molar-refractivity contribution is 6.32. The number of nitrogens with zero attached hydrogens (tertiary/aromatic N) is 3. The minimum atomic E-state index is -1.37. The van der Waals surface area contributed by atoms with E-state index in [2.05, 4.69) is 0 Å². The Morgan fingerprint density at radius 1 is 1.21 bits per heavy atom. The Kier molecular flexibility index (Phi) is 8.71. The molecule has 2 saturated heterocycles. The summed E-state index contributed by atoms with van der Waals surface area (Å²) in [4.78, 5) is 57.5. The monoisotopic (exact) mass is 491 g/mol. The van der Waals surface area contributed by atoms with E-state index in [1.54, 1.807) is 34.1 Å². The second-order valence-electron chi connectivity index (χ2n) is 8.95. The molecular weight excluding hydrogens is 458 g/mol. The number of halogens is 1. The van der Waals surface area contributed by atoms with E-state index in [9.17, 15) is 19.2 Å². The predicted molar refractivity (Wildman–Crippen MR) is 128 cm³/mol. The van der Waals surface area contributed by atoms with Crippen LogP contribution in [0.3, 0.4) is 0 Å². The summed E-state index contributed by atoms with van der Waals surface area (Å²) in [5.41, 5.74) is -0.883. The molecule has 0 unspecified atom stereocenters. The van der Waals surface area contributed by atoms with Crippen LogP contribution in [-0.4, -0.2) is 84.8 Å². The van der Waals surface area contributed by atoms with Gasteiger partial charge in [-0.15, -0.1) is 0 Å². The van der Waals surface area contributed by atoms with E-state index in [-0.39, 0.29) is 49.6 Å². The number of carbonyl (C=O) groups is 4. The molecule has 0 N–H and O–H groups in total. The van der Waals surface area contributed by atoms with Gasteiger partial charge in [-0.2, -0.15) is 0 Å². The Morgan fingerprint density at radius 2 is 1.91 bits per heavy atom. The van der Waals surface area contributed by atoms with Crippen LogP contribution in [0.1, 0.15) is 45.1 Å². The lowest BCUT2D eigenvalue weighted by Gasteiger charge is -2.36. The molecule has 0 radical (unpaired) electrons. The number of benzene rings is 1. The molecule has 0 aromatic heterocycles. The minimum Gasteiger partial charge on any atom is -0.383 e. The predicted octanol–water partition coefficient (Wildman–Crippen LogP) is 2.48. The normalized spacial score (nSPS) is 22.9. The van der Waals surface area contributed by atoms with E-state index < -0.39 is 11.3 Å². The molecule has 1 aromatic carbocycles. The van der Waals surface area contributed by atoms with Crippen molar-refractivity contribution in [3.8, 4) is 0 Å². The average Bonchev–Trinajstić information content (AvgIpc) is 3.07. The highest BCUT2D eigenvalue weighted by Crippen LogP contribution is 2.43. The molecule has 0 saturated carbocycles. The zero-order valence-electron chi connectivity index (χ0n) is 20.2. The van der Waals surface area contributed by atoms with Gasteiger partial charge in [0, 0.05) is 51.2 Å². The van der Waals surface area contributed by atoms with Crippen molar-refractivity contribution in [1.29, 1.82) is 0 Å². The smallest absolute Gasteiger partial charge is 0.241 e. The third-order valence-electron chi connectivity index (χ3n) is 6.97. The maximum atomic E-state index is 13.6. The van der Waals surface area contributed by atoms with Gasteiger partial charge in [-0.25, -0.2) is 0 Å². The Morgan fingerprint density at radius 3 is 2.56 bits per heavy atom. The Bertz CT molecular complexity index is 935.